The monoisotopic (exact) mass is 420 g/mol. The fourth-order valence-electron chi connectivity index (χ4n) is 4.47. The summed E-state index contributed by atoms with van der Waals surface area (Å²) in [6, 6.07) is 6.95. The van der Waals surface area contributed by atoms with Crippen LogP contribution in [0.5, 0.6) is 5.75 Å². The minimum atomic E-state index is -0.959. The van der Waals surface area contributed by atoms with Crippen molar-refractivity contribution in [3.8, 4) is 5.75 Å². The van der Waals surface area contributed by atoms with E-state index in [2.05, 4.69) is 9.72 Å². The molecule has 1 N–H and O–H groups in total. The minimum Gasteiger partial charge on any atom is -0.490 e. The van der Waals surface area contributed by atoms with Crippen LogP contribution in [-0.2, 0) is 11.2 Å². The van der Waals surface area contributed by atoms with E-state index in [1.807, 2.05) is 12.1 Å². The van der Waals surface area contributed by atoms with Crippen LogP contribution in [0.1, 0.15) is 29.2 Å². The molecule has 1 amide bonds. The van der Waals surface area contributed by atoms with Gasteiger partial charge in [-0.3, -0.25) is 0 Å². The number of esters is 1. The average Bonchev–Trinajstić information content (AvgIpc) is 3.39. The van der Waals surface area contributed by atoms with Crippen molar-refractivity contribution >= 4 is 23.7 Å². The number of nitrogens with zero attached hydrogens (tertiary/aromatic N) is 2. The van der Waals surface area contributed by atoms with E-state index < -0.39 is 12.1 Å². The molecule has 154 valence electrons. The highest BCUT2D eigenvalue weighted by Crippen LogP contribution is 2.44. The molecule has 4 atom stereocenters. The maximum atomic E-state index is 11.8. The summed E-state index contributed by atoms with van der Waals surface area (Å²) in [4.78, 5) is 28.9. The Morgan fingerprint density at radius 1 is 1.31 bits per heavy atom. The minimum absolute atomic E-state index is 0.0137. The van der Waals surface area contributed by atoms with E-state index >= 15 is 0 Å². The number of carboxylic acid groups (broad SMARTS) is 1. The number of carbonyl (C=O) groups excluding carboxylic acids is 1. The smallest absolute Gasteiger partial charge is 0.407 e. The number of rotatable bonds is 5. The lowest BCUT2D eigenvalue weighted by atomic mass is 9.92. The standard InChI is InChI=1S/C20H21ClN2O6/c1-27-19(24)16-10-28-18(22-16)8-17-15-7-14(6-11(15)9-23(17)20(25)26)29-13-4-2-12(21)3-5-13/h2-5,10-11,14-15,17H,6-9H2,1H3,(H,25,26)/t11-,14-,15-,17?/m0/s1. The van der Waals surface area contributed by atoms with Gasteiger partial charge in [-0.05, 0) is 48.9 Å². The van der Waals surface area contributed by atoms with Crippen molar-refractivity contribution in [2.75, 3.05) is 13.7 Å². The van der Waals surface area contributed by atoms with Gasteiger partial charge in [0.15, 0.2) is 11.6 Å². The molecule has 1 aliphatic carbocycles. The van der Waals surface area contributed by atoms with Crippen LogP contribution in [0.2, 0.25) is 5.02 Å². The molecule has 9 heteroatoms. The quantitative estimate of drug-likeness (QED) is 0.738. The molecular weight excluding hydrogens is 400 g/mol. The Morgan fingerprint density at radius 3 is 2.76 bits per heavy atom. The molecule has 2 fully saturated rings. The molecule has 1 saturated carbocycles. The van der Waals surface area contributed by atoms with Crippen LogP contribution < -0.4 is 4.74 Å². The first kappa shape index (κ1) is 19.6. The predicted molar refractivity (Wildman–Crippen MR) is 102 cm³/mol. The Hall–Kier alpha value is -2.74. The second kappa shape index (κ2) is 7.94. The van der Waals surface area contributed by atoms with Crippen LogP contribution in [-0.4, -0.2) is 52.9 Å². The number of carbonyl (C=O) groups is 2. The summed E-state index contributed by atoms with van der Waals surface area (Å²) in [7, 11) is 1.27. The Labute approximate surface area is 172 Å². The normalized spacial score (nSPS) is 25.7. The SMILES string of the molecule is COC(=O)c1coc(CC2[C@H]3C[C@@H](Oc4ccc(Cl)cc4)C[C@H]3CN2C(=O)O)n1. The molecule has 0 bridgehead atoms. The van der Waals surface area contributed by atoms with Crippen LogP contribution in [0.4, 0.5) is 4.79 Å². The lowest BCUT2D eigenvalue weighted by molar-refractivity contribution is 0.0593. The maximum absolute atomic E-state index is 11.8. The van der Waals surface area contributed by atoms with E-state index in [9.17, 15) is 14.7 Å². The molecule has 1 aromatic carbocycles. The van der Waals surface area contributed by atoms with Crippen molar-refractivity contribution < 1.29 is 28.6 Å². The summed E-state index contributed by atoms with van der Waals surface area (Å²) in [6.07, 6.45) is 2.12. The summed E-state index contributed by atoms with van der Waals surface area (Å²) >= 11 is 5.92. The van der Waals surface area contributed by atoms with E-state index in [0.717, 1.165) is 18.6 Å². The van der Waals surface area contributed by atoms with E-state index in [-0.39, 0.29) is 29.7 Å². The van der Waals surface area contributed by atoms with Gasteiger partial charge in [-0.1, -0.05) is 11.6 Å². The van der Waals surface area contributed by atoms with E-state index in [0.29, 0.717) is 23.9 Å². The first-order valence-electron chi connectivity index (χ1n) is 9.39. The molecule has 0 radical (unpaired) electrons. The number of hydrogen-bond acceptors (Lipinski definition) is 6. The van der Waals surface area contributed by atoms with Gasteiger partial charge in [-0.15, -0.1) is 0 Å². The zero-order valence-corrected chi connectivity index (χ0v) is 16.5. The van der Waals surface area contributed by atoms with Gasteiger partial charge < -0.3 is 23.9 Å². The molecular formula is C20H21ClN2O6. The van der Waals surface area contributed by atoms with Crippen molar-refractivity contribution in [2.24, 2.45) is 11.8 Å². The van der Waals surface area contributed by atoms with Crippen molar-refractivity contribution in [1.29, 1.82) is 0 Å². The predicted octanol–water partition coefficient (Wildman–Crippen LogP) is 3.49. The summed E-state index contributed by atoms with van der Waals surface area (Å²) in [5, 5.41) is 10.3. The van der Waals surface area contributed by atoms with Gasteiger partial charge in [-0.25, -0.2) is 14.6 Å². The largest absolute Gasteiger partial charge is 0.490 e. The fourth-order valence-corrected chi connectivity index (χ4v) is 4.60. The zero-order chi connectivity index (χ0) is 20.5. The average molecular weight is 421 g/mol. The second-order valence-corrected chi connectivity index (χ2v) is 7.85. The van der Waals surface area contributed by atoms with Crippen LogP contribution in [0.15, 0.2) is 34.9 Å². The molecule has 29 heavy (non-hydrogen) atoms. The van der Waals surface area contributed by atoms with Gasteiger partial charge in [0, 0.05) is 24.0 Å². The third kappa shape index (κ3) is 4.03. The number of fused-ring (bicyclic) bond motifs is 1. The van der Waals surface area contributed by atoms with E-state index in [1.54, 1.807) is 12.1 Å². The number of amides is 1. The number of halogens is 1. The molecule has 1 aromatic heterocycles. The molecule has 1 unspecified atom stereocenters. The first-order chi connectivity index (χ1) is 13.9. The fraction of sp³-hybridized carbons (Fsp3) is 0.450. The number of methoxy groups -OCH3 is 1. The number of benzene rings is 1. The Bertz CT molecular complexity index is 899. The van der Waals surface area contributed by atoms with Crippen molar-refractivity contribution in [1.82, 2.24) is 9.88 Å². The second-order valence-electron chi connectivity index (χ2n) is 7.41. The van der Waals surface area contributed by atoms with Gasteiger partial charge in [-0.2, -0.15) is 0 Å². The highest BCUT2D eigenvalue weighted by atomic mass is 35.5. The molecule has 2 aliphatic rings. The van der Waals surface area contributed by atoms with Crippen LogP contribution in [0.25, 0.3) is 0 Å². The molecule has 2 aromatic rings. The number of aromatic nitrogens is 1. The number of hydrogen-bond donors (Lipinski definition) is 1. The van der Waals surface area contributed by atoms with Crippen LogP contribution >= 0.6 is 11.6 Å². The Morgan fingerprint density at radius 2 is 2.07 bits per heavy atom. The van der Waals surface area contributed by atoms with Crippen molar-refractivity contribution in [2.45, 2.75) is 31.4 Å². The third-order valence-corrected chi connectivity index (χ3v) is 5.98. The van der Waals surface area contributed by atoms with Crippen molar-refractivity contribution in [3.63, 3.8) is 0 Å². The zero-order valence-electron chi connectivity index (χ0n) is 15.8. The first-order valence-corrected chi connectivity index (χ1v) is 9.77. The van der Waals surface area contributed by atoms with E-state index in [4.69, 9.17) is 20.8 Å². The number of likely N-dealkylation sites (tertiary alicyclic amines) is 1. The molecule has 1 aliphatic heterocycles. The van der Waals surface area contributed by atoms with Gasteiger partial charge in [0.05, 0.1) is 13.2 Å². The van der Waals surface area contributed by atoms with Crippen molar-refractivity contribution in [3.05, 3.63) is 47.1 Å². The summed E-state index contributed by atoms with van der Waals surface area (Å²) in [5.74, 6) is 0.836. The van der Waals surface area contributed by atoms with Gasteiger partial charge in [0.1, 0.15) is 12.0 Å². The summed E-state index contributed by atoms with van der Waals surface area (Å²) < 4.78 is 16.1. The molecule has 8 nitrogen and oxygen atoms in total. The molecule has 1 saturated heterocycles. The molecule has 0 spiro atoms. The molecule has 4 rings (SSSR count). The van der Waals surface area contributed by atoms with Gasteiger partial charge >= 0.3 is 12.1 Å². The van der Waals surface area contributed by atoms with E-state index in [1.165, 1.54) is 18.3 Å². The lowest BCUT2D eigenvalue weighted by Crippen LogP contribution is -2.39. The third-order valence-electron chi connectivity index (χ3n) is 5.72. The number of ether oxygens (including phenoxy) is 2. The van der Waals surface area contributed by atoms with Crippen LogP contribution in [0, 0.1) is 11.8 Å². The van der Waals surface area contributed by atoms with Gasteiger partial charge in [0.2, 0.25) is 0 Å². The van der Waals surface area contributed by atoms with Crippen LogP contribution in [0.3, 0.4) is 0 Å². The molecule has 2 heterocycles. The summed E-state index contributed by atoms with van der Waals surface area (Å²) in [5.41, 5.74) is 0.0780. The maximum Gasteiger partial charge on any atom is 0.407 e. The topological polar surface area (TPSA) is 102 Å². The number of oxazole rings is 1. The summed E-state index contributed by atoms with van der Waals surface area (Å²) in [6.45, 7) is 0.454. The highest BCUT2D eigenvalue weighted by Gasteiger charge is 2.50. The highest BCUT2D eigenvalue weighted by molar-refractivity contribution is 6.30. The Balaban J connectivity index is 1.46. The van der Waals surface area contributed by atoms with Gasteiger partial charge in [0.25, 0.3) is 0 Å². The lowest BCUT2D eigenvalue weighted by Gasteiger charge is -2.25. The Kier molecular flexibility index (Phi) is 5.36.